The largest absolute Gasteiger partial charge is 0.506 e. The first-order chi connectivity index (χ1) is 10.1. The van der Waals surface area contributed by atoms with Gasteiger partial charge in [0, 0.05) is 11.9 Å². The lowest BCUT2D eigenvalue weighted by molar-refractivity contribution is 0.0544. The van der Waals surface area contributed by atoms with Crippen molar-refractivity contribution in [2.45, 2.75) is 6.54 Å². The number of aromatic hydroxyl groups is 1. The number of carbonyl (C=O) groups excluding carboxylic acids is 1. The molecule has 0 atom stereocenters. The van der Waals surface area contributed by atoms with Gasteiger partial charge in [0.1, 0.15) is 12.4 Å². The summed E-state index contributed by atoms with van der Waals surface area (Å²) in [7, 11) is 0. The van der Waals surface area contributed by atoms with Crippen LogP contribution in [0.3, 0.4) is 0 Å². The molecule has 1 N–H and O–H groups in total. The van der Waals surface area contributed by atoms with Crippen molar-refractivity contribution in [3.63, 3.8) is 0 Å². The highest BCUT2D eigenvalue weighted by Gasteiger charge is 2.22. The molecule has 0 spiro atoms. The fraction of sp³-hybridized carbons (Fsp3) is 0.125. The zero-order valence-corrected chi connectivity index (χ0v) is 11.4. The minimum atomic E-state index is -0.874. The molecule has 1 aromatic heterocycles. The van der Waals surface area contributed by atoms with E-state index in [1.165, 1.54) is 10.6 Å². The second-order valence-electron chi connectivity index (χ2n) is 4.33. The van der Waals surface area contributed by atoms with Crippen LogP contribution in [-0.2, 0) is 11.3 Å². The van der Waals surface area contributed by atoms with E-state index in [4.69, 9.17) is 4.74 Å². The van der Waals surface area contributed by atoms with Crippen LogP contribution in [0.1, 0.15) is 10.4 Å². The first-order valence-electron chi connectivity index (χ1n) is 6.35. The summed E-state index contributed by atoms with van der Waals surface area (Å²) < 4.78 is 6.23. The van der Waals surface area contributed by atoms with Crippen molar-refractivity contribution in [1.29, 1.82) is 0 Å². The summed E-state index contributed by atoms with van der Waals surface area (Å²) in [5, 5.41) is 10.6. The molecular weight excluding hydrogens is 270 g/mol. The molecule has 1 aromatic carbocycles. The predicted octanol–water partition coefficient (Wildman–Crippen LogP) is 2.24. The van der Waals surface area contributed by atoms with Crippen LogP contribution < -0.4 is 5.56 Å². The van der Waals surface area contributed by atoms with Crippen molar-refractivity contribution in [1.82, 2.24) is 4.57 Å². The molecular formula is C16H15NO4. The van der Waals surface area contributed by atoms with Gasteiger partial charge >= 0.3 is 5.97 Å². The lowest BCUT2D eigenvalue weighted by Crippen LogP contribution is -2.27. The van der Waals surface area contributed by atoms with Crippen molar-refractivity contribution >= 4 is 16.9 Å². The van der Waals surface area contributed by atoms with Gasteiger partial charge in [-0.25, -0.2) is 4.79 Å². The second kappa shape index (κ2) is 6.09. The molecule has 5 nitrogen and oxygen atoms in total. The van der Waals surface area contributed by atoms with Crippen molar-refractivity contribution < 1.29 is 14.6 Å². The monoisotopic (exact) mass is 285 g/mol. The summed E-state index contributed by atoms with van der Waals surface area (Å²) in [4.78, 5) is 24.4. The number of aromatic nitrogens is 1. The fourth-order valence-corrected chi connectivity index (χ4v) is 2.09. The molecule has 0 bridgehead atoms. The van der Waals surface area contributed by atoms with Crippen LogP contribution in [-0.4, -0.2) is 22.2 Å². The summed E-state index contributed by atoms with van der Waals surface area (Å²) in [6.07, 6.45) is 2.93. The summed E-state index contributed by atoms with van der Waals surface area (Å²) in [6.45, 7) is 7.22. The zero-order valence-electron chi connectivity index (χ0n) is 11.4. The predicted molar refractivity (Wildman–Crippen MR) is 80.5 cm³/mol. The highest BCUT2D eigenvalue weighted by atomic mass is 16.5. The molecule has 0 saturated heterocycles. The van der Waals surface area contributed by atoms with Gasteiger partial charge in [0.15, 0.2) is 5.56 Å². The van der Waals surface area contributed by atoms with E-state index in [-0.39, 0.29) is 24.5 Å². The van der Waals surface area contributed by atoms with Gasteiger partial charge in [-0.15, -0.1) is 6.58 Å². The number of esters is 1. The highest BCUT2D eigenvalue weighted by molar-refractivity contribution is 5.99. The van der Waals surface area contributed by atoms with Crippen LogP contribution in [0.2, 0.25) is 0 Å². The van der Waals surface area contributed by atoms with Crippen LogP contribution >= 0.6 is 0 Å². The Morgan fingerprint density at radius 2 is 2.00 bits per heavy atom. The van der Waals surface area contributed by atoms with Crippen LogP contribution in [0.4, 0.5) is 0 Å². The standard InChI is InChI=1S/C16H15NO4/c1-3-9-17-12-8-6-5-7-11(12)14(18)13(15(17)19)16(20)21-10-4-2/h3-8,18H,1-2,9-10H2. The van der Waals surface area contributed by atoms with Crippen LogP contribution in [0, 0.1) is 0 Å². The van der Waals surface area contributed by atoms with Gasteiger partial charge in [-0.1, -0.05) is 30.9 Å². The number of pyridine rings is 1. The Labute approximate surface area is 121 Å². The van der Waals surface area contributed by atoms with E-state index in [1.54, 1.807) is 30.3 Å². The molecule has 0 aliphatic carbocycles. The summed E-state index contributed by atoms with van der Waals surface area (Å²) >= 11 is 0. The molecule has 0 fully saturated rings. The summed E-state index contributed by atoms with van der Waals surface area (Å²) in [5.74, 6) is -1.24. The number of ether oxygens (including phenoxy) is 1. The molecule has 0 saturated carbocycles. The molecule has 108 valence electrons. The maximum Gasteiger partial charge on any atom is 0.347 e. The van der Waals surface area contributed by atoms with Crippen LogP contribution in [0.5, 0.6) is 5.75 Å². The van der Waals surface area contributed by atoms with Gasteiger partial charge in [0.25, 0.3) is 5.56 Å². The first kappa shape index (κ1) is 14.6. The number of rotatable bonds is 5. The Hall–Kier alpha value is -2.82. The highest BCUT2D eigenvalue weighted by Crippen LogP contribution is 2.26. The lowest BCUT2D eigenvalue weighted by atomic mass is 10.1. The first-order valence-corrected chi connectivity index (χ1v) is 6.35. The van der Waals surface area contributed by atoms with Gasteiger partial charge < -0.3 is 14.4 Å². The Bertz CT molecular complexity index is 774. The van der Waals surface area contributed by atoms with Gasteiger partial charge in [-0.05, 0) is 12.1 Å². The maximum atomic E-state index is 12.4. The van der Waals surface area contributed by atoms with E-state index in [0.717, 1.165) is 0 Å². The van der Waals surface area contributed by atoms with E-state index >= 15 is 0 Å². The third-order valence-corrected chi connectivity index (χ3v) is 2.99. The van der Waals surface area contributed by atoms with Gasteiger partial charge in [0.2, 0.25) is 0 Å². The minimum absolute atomic E-state index is 0.0357. The summed E-state index contributed by atoms with van der Waals surface area (Å²) in [5.41, 5.74) is -0.460. The van der Waals surface area contributed by atoms with E-state index in [1.807, 2.05) is 0 Å². The third-order valence-electron chi connectivity index (χ3n) is 2.99. The number of hydrogen-bond donors (Lipinski definition) is 1. The number of carbonyl (C=O) groups is 1. The number of allylic oxidation sites excluding steroid dienone is 1. The van der Waals surface area contributed by atoms with Crippen molar-refractivity contribution in [2.24, 2.45) is 0 Å². The number of hydrogen-bond acceptors (Lipinski definition) is 4. The smallest absolute Gasteiger partial charge is 0.347 e. The zero-order chi connectivity index (χ0) is 15.4. The third kappa shape index (κ3) is 2.58. The SMILES string of the molecule is C=CCOC(=O)c1c(O)c2ccccc2n(CC=C)c1=O. The maximum absolute atomic E-state index is 12.4. The Balaban J connectivity index is 2.76. The van der Waals surface area contributed by atoms with Crippen LogP contribution in [0.25, 0.3) is 10.9 Å². The number of benzene rings is 1. The molecule has 0 aliphatic heterocycles. The van der Waals surface area contributed by atoms with E-state index in [9.17, 15) is 14.7 Å². The Morgan fingerprint density at radius 1 is 1.29 bits per heavy atom. The summed E-state index contributed by atoms with van der Waals surface area (Å²) in [6, 6.07) is 6.78. The molecule has 0 unspecified atom stereocenters. The lowest BCUT2D eigenvalue weighted by Gasteiger charge is -2.13. The molecule has 0 radical (unpaired) electrons. The average molecular weight is 285 g/mol. The van der Waals surface area contributed by atoms with E-state index in [0.29, 0.717) is 10.9 Å². The Morgan fingerprint density at radius 3 is 2.67 bits per heavy atom. The number of fused-ring (bicyclic) bond motifs is 1. The number of para-hydroxylation sites is 1. The van der Waals surface area contributed by atoms with E-state index < -0.39 is 11.5 Å². The van der Waals surface area contributed by atoms with Crippen molar-refractivity contribution in [3.05, 3.63) is 65.5 Å². The molecule has 2 aromatic rings. The molecule has 21 heavy (non-hydrogen) atoms. The molecule has 2 rings (SSSR count). The Kier molecular flexibility index (Phi) is 4.23. The molecule has 5 heteroatoms. The molecule has 0 aliphatic rings. The normalized spacial score (nSPS) is 10.3. The van der Waals surface area contributed by atoms with E-state index in [2.05, 4.69) is 13.2 Å². The fourth-order valence-electron chi connectivity index (χ4n) is 2.09. The van der Waals surface area contributed by atoms with Crippen molar-refractivity contribution in [2.75, 3.05) is 6.61 Å². The van der Waals surface area contributed by atoms with Crippen molar-refractivity contribution in [3.8, 4) is 5.75 Å². The quantitative estimate of drug-likeness (QED) is 0.675. The molecule has 1 heterocycles. The molecule has 0 amide bonds. The van der Waals surface area contributed by atoms with Gasteiger partial charge in [-0.3, -0.25) is 4.79 Å². The average Bonchev–Trinajstić information content (AvgIpc) is 2.49. The second-order valence-corrected chi connectivity index (χ2v) is 4.33. The van der Waals surface area contributed by atoms with Gasteiger partial charge in [-0.2, -0.15) is 0 Å². The minimum Gasteiger partial charge on any atom is -0.506 e. The topological polar surface area (TPSA) is 68.5 Å². The van der Waals surface area contributed by atoms with Crippen LogP contribution in [0.15, 0.2) is 54.4 Å². The van der Waals surface area contributed by atoms with Gasteiger partial charge in [0.05, 0.1) is 5.52 Å². The number of nitrogens with zero attached hydrogens (tertiary/aromatic N) is 1.